The van der Waals surface area contributed by atoms with Gasteiger partial charge in [-0.2, -0.15) is 5.10 Å². The van der Waals surface area contributed by atoms with Gasteiger partial charge in [-0.3, -0.25) is 4.68 Å². The first kappa shape index (κ1) is 11.9. The SMILES string of the molecule is Cc1c(Br)cc(F)c(O)c1-c1cc(N)n(C)n1. The minimum absolute atomic E-state index is 0.351. The zero-order valence-corrected chi connectivity index (χ0v) is 10.9. The molecule has 1 heterocycles. The van der Waals surface area contributed by atoms with Crippen LogP contribution in [0.3, 0.4) is 0 Å². The Hall–Kier alpha value is -1.56. The second-order valence-electron chi connectivity index (χ2n) is 3.77. The van der Waals surface area contributed by atoms with Gasteiger partial charge in [-0.05, 0) is 18.6 Å². The molecule has 2 rings (SSSR count). The highest BCUT2D eigenvalue weighted by Crippen LogP contribution is 2.38. The van der Waals surface area contributed by atoms with Crippen molar-refractivity contribution in [3.8, 4) is 17.0 Å². The number of benzene rings is 1. The predicted octanol–water partition coefficient (Wildman–Crippen LogP) is 2.58. The number of aryl methyl sites for hydroxylation is 1. The second-order valence-corrected chi connectivity index (χ2v) is 4.62. The van der Waals surface area contributed by atoms with E-state index < -0.39 is 11.6 Å². The highest BCUT2D eigenvalue weighted by atomic mass is 79.9. The van der Waals surface area contributed by atoms with Crippen LogP contribution >= 0.6 is 15.9 Å². The van der Waals surface area contributed by atoms with Crippen molar-refractivity contribution < 1.29 is 9.50 Å². The van der Waals surface area contributed by atoms with Crippen molar-refractivity contribution in [2.45, 2.75) is 6.92 Å². The Bertz CT molecular complexity index is 549. The average molecular weight is 300 g/mol. The van der Waals surface area contributed by atoms with Crippen LogP contribution in [0.2, 0.25) is 0 Å². The van der Waals surface area contributed by atoms with Crippen LogP contribution in [0.25, 0.3) is 11.3 Å². The molecular formula is C11H11BrFN3O. The Morgan fingerprint density at radius 3 is 2.65 bits per heavy atom. The number of nitrogen functional groups attached to an aromatic ring is 1. The Labute approximate surface area is 106 Å². The molecule has 1 aromatic heterocycles. The van der Waals surface area contributed by atoms with Crippen LogP contribution in [-0.2, 0) is 7.05 Å². The predicted molar refractivity (Wildman–Crippen MR) is 67.1 cm³/mol. The van der Waals surface area contributed by atoms with Crippen molar-refractivity contribution in [2.75, 3.05) is 5.73 Å². The number of aromatic hydroxyl groups is 1. The van der Waals surface area contributed by atoms with Gasteiger partial charge in [0.15, 0.2) is 11.6 Å². The van der Waals surface area contributed by atoms with Gasteiger partial charge < -0.3 is 10.8 Å². The zero-order chi connectivity index (χ0) is 12.7. The van der Waals surface area contributed by atoms with E-state index in [0.29, 0.717) is 27.1 Å². The van der Waals surface area contributed by atoms with Crippen molar-refractivity contribution in [3.05, 3.63) is 28.0 Å². The molecule has 0 aliphatic carbocycles. The lowest BCUT2D eigenvalue weighted by Gasteiger charge is -2.08. The fraction of sp³-hybridized carbons (Fsp3) is 0.182. The summed E-state index contributed by atoms with van der Waals surface area (Å²) in [6.45, 7) is 1.77. The van der Waals surface area contributed by atoms with Crippen LogP contribution in [0.15, 0.2) is 16.6 Å². The molecular weight excluding hydrogens is 289 g/mol. The molecule has 4 nitrogen and oxygen atoms in total. The van der Waals surface area contributed by atoms with E-state index >= 15 is 0 Å². The molecule has 0 unspecified atom stereocenters. The van der Waals surface area contributed by atoms with Crippen molar-refractivity contribution in [2.24, 2.45) is 7.05 Å². The van der Waals surface area contributed by atoms with Crippen LogP contribution < -0.4 is 5.73 Å². The summed E-state index contributed by atoms with van der Waals surface area (Å²) in [5.41, 5.74) is 7.17. The number of hydrogen-bond acceptors (Lipinski definition) is 3. The minimum Gasteiger partial charge on any atom is -0.504 e. The molecule has 0 fully saturated rings. The van der Waals surface area contributed by atoms with Gasteiger partial charge in [-0.25, -0.2) is 4.39 Å². The molecule has 6 heteroatoms. The molecule has 1 aromatic carbocycles. The third kappa shape index (κ3) is 1.88. The maximum Gasteiger partial charge on any atom is 0.166 e. The second kappa shape index (κ2) is 4.03. The fourth-order valence-corrected chi connectivity index (χ4v) is 2.02. The highest BCUT2D eigenvalue weighted by molar-refractivity contribution is 9.10. The van der Waals surface area contributed by atoms with Crippen LogP contribution in [-0.4, -0.2) is 14.9 Å². The van der Waals surface area contributed by atoms with Crippen molar-refractivity contribution >= 4 is 21.7 Å². The third-order valence-corrected chi connectivity index (χ3v) is 3.45. The van der Waals surface area contributed by atoms with E-state index in [1.807, 2.05) is 0 Å². The molecule has 0 aliphatic heterocycles. The van der Waals surface area contributed by atoms with Gasteiger partial charge in [-0.1, -0.05) is 15.9 Å². The summed E-state index contributed by atoms with van der Waals surface area (Å²) in [5, 5.41) is 13.9. The zero-order valence-electron chi connectivity index (χ0n) is 9.33. The standard InChI is InChI=1S/C11H11BrFN3O/c1-5-6(12)3-7(13)11(17)10(5)8-4-9(14)16(2)15-8/h3-4,17H,14H2,1-2H3. The van der Waals surface area contributed by atoms with Crippen LogP contribution in [0, 0.1) is 12.7 Å². The number of phenols is 1. The fourth-order valence-electron chi connectivity index (χ4n) is 1.62. The summed E-state index contributed by atoms with van der Waals surface area (Å²) in [4.78, 5) is 0. The van der Waals surface area contributed by atoms with Gasteiger partial charge in [0.05, 0.1) is 11.3 Å². The average Bonchev–Trinajstić information content (AvgIpc) is 2.57. The Morgan fingerprint density at radius 2 is 2.12 bits per heavy atom. The molecule has 0 amide bonds. The molecule has 17 heavy (non-hydrogen) atoms. The molecule has 0 saturated carbocycles. The Kier molecular flexibility index (Phi) is 2.82. The van der Waals surface area contributed by atoms with Gasteiger partial charge in [-0.15, -0.1) is 0 Å². The van der Waals surface area contributed by atoms with Gasteiger partial charge in [0.1, 0.15) is 5.82 Å². The lowest BCUT2D eigenvalue weighted by Crippen LogP contribution is -1.97. The van der Waals surface area contributed by atoms with E-state index in [1.54, 1.807) is 20.0 Å². The maximum atomic E-state index is 13.5. The molecule has 0 bridgehead atoms. The number of nitrogens with zero attached hydrogens (tertiary/aromatic N) is 2. The Morgan fingerprint density at radius 1 is 1.47 bits per heavy atom. The van der Waals surface area contributed by atoms with Crippen molar-refractivity contribution in [1.29, 1.82) is 0 Å². The number of nitrogens with two attached hydrogens (primary N) is 1. The van der Waals surface area contributed by atoms with E-state index in [2.05, 4.69) is 21.0 Å². The summed E-state index contributed by atoms with van der Waals surface area (Å²) in [5.74, 6) is -0.662. The van der Waals surface area contributed by atoms with Crippen LogP contribution in [0.4, 0.5) is 10.2 Å². The summed E-state index contributed by atoms with van der Waals surface area (Å²) in [6, 6.07) is 2.81. The molecule has 0 aliphatic rings. The smallest absolute Gasteiger partial charge is 0.166 e. The summed E-state index contributed by atoms with van der Waals surface area (Å²) in [7, 11) is 1.68. The highest BCUT2D eigenvalue weighted by Gasteiger charge is 2.18. The third-order valence-electron chi connectivity index (χ3n) is 2.62. The number of aromatic nitrogens is 2. The molecule has 90 valence electrons. The van der Waals surface area contributed by atoms with E-state index in [0.717, 1.165) is 0 Å². The normalized spacial score (nSPS) is 10.8. The molecule has 0 atom stereocenters. The summed E-state index contributed by atoms with van der Waals surface area (Å²) >= 11 is 3.24. The van der Waals surface area contributed by atoms with E-state index in [4.69, 9.17) is 5.73 Å². The van der Waals surface area contributed by atoms with Gasteiger partial charge in [0.25, 0.3) is 0 Å². The van der Waals surface area contributed by atoms with E-state index in [-0.39, 0.29) is 0 Å². The number of hydrogen-bond donors (Lipinski definition) is 2. The topological polar surface area (TPSA) is 64.1 Å². The van der Waals surface area contributed by atoms with Crippen molar-refractivity contribution in [3.63, 3.8) is 0 Å². The number of rotatable bonds is 1. The van der Waals surface area contributed by atoms with E-state index in [1.165, 1.54) is 10.7 Å². The molecule has 0 saturated heterocycles. The first-order chi connectivity index (χ1) is 7.91. The number of halogens is 2. The lowest BCUT2D eigenvalue weighted by molar-refractivity contribution is 0.433. The lowest BCUT2D eigenvalue weighted by atomic mass is 10.0. The van der Waals surface area contributed by atoms with Crippen LogP contribution in [0.5, 0.6) is 5.75 Å². The van der Waals surface area contributed by atoms with Crippen molar-refractivity contribution in [1.82, 2.24) is 9.78 Å². The maximum absolute atomic E-state index is 13.5. The summed E-state index contributed by atoms with van der Waals surface area (Å²) in [6.07, 6.45) is 0. The first-order valence-corrected chi connectivity index (χ1v) is 5.68. The first-order valence-electron chi connectivity index (χ1n) is 4.89. The summed E-state index contributed by atoms with van der Waals surface area (Å²) < 4.78 is 15.5. The van der Waals surface area contributed by atoms with Gasteiger partial charge in [0.2, 0.25) is 0 Å². The Balaban J connectivity index is 2.74. The number of anilines is 1. The quantitative estimate of drug-likeness (QED) is 0.851. The molecule has 2 aromatic rings. The molecule has 0 radical (unpaired) electrons. The largest absolute Gasteiger partial charge is 0.504 e. The monoisotopic (exact) mass is 299 g/mol. The minimum atomic E-state index is -0.693. The number of phenolic OH excluding ortho intramolecular Hbond substituents is 1. The van der Waals surface area contributed by atoms with E-state index in [9.17, 15) is 9.50 Å². The van der Waals surface area contributed by atoms with Gasteiger partial charge >= 0.3 is 0 Å². The van der Waals surface area contributed by atoms with Gasteiger partial charge in [0, 0.05) is 17.6 Å². The van der Waals surface area contributed by atoms with Crippen LogP contribution in [0.1, 0.15) is 5.56 Å². The molecule has 3 N–H and O–H groups in total. The molecule has 0 spiro atoms.